The molecule has 0 spiro atoms. The Labute approximate surface area is 73.1 Å². The lowest BCUT2D eigenvalue weighted by molar-refractivity contribution is 0.587. The van der Waals surface area contributed by atoms with Gasteiger partial charge in [-0.3, -0.25) is 0 Å². The summed E-state index contributed by atoms with van der Waals surface area (Å²) in [6.07, 6.45) is 0. The van der Waals surface area contributed by atoms with Crippen molar-refractivity contribution in [3.8, 4) is 0 Å². The minimum Gasteiger partial charge on any atom is -0.449 e. The highest BCUT2D eigenvalue weighted by molar-refractivity contribution is 9.10. The first-order valence-corrected chi connectivity index (χ1v) is 4.21. The molecule has 2 heteroatoms. The van der Waals surface area contributed by atoms with E-state index in [0.29, 0.717) is 0 Å². The van der Waals surface area contributed by atoms with Crippen LogP contribution in [0, 0.1) is 6.92 Å². The molecule has 1 heterocycles. The minimum atomic E-state index is 0.790. The molecule has 2 aromatic rings. The molecule has 0 aliphatic rings. The molecule has 0 saturated heterocycles. The van der Waals surface area contributed by atoms with E-state index in [2.05, 4.69) is 28.9 Å². The molecule has 0 aliphatic heterocycles. The van der Waals surface area contributed by atoms with Crippen molar-refractivity contribution < 1.29 is 4.42 Å². The molecule has 0 aliphatic carbocycles. The summed E-state index contributed by atoms with van der Waals surface area (Å²) in [4.78, 5) is 0. The van der Waals surface area contributed by atoms with Gasteiger partial charge in [0.1, 0.15) is 5.58 Å². The van der Waals surface area contributed by atoms with E-state index in [0.717, 1.165) is 15.6 Å². The van der Waals surface area contributed by atoms with E-state index < -0.39 is 0 Å². The van der Waals surface area contributed by atoms with Crippen LogP contribution in [0.15, 0.2) is 33.4 Å². The maximum atomic E-state index is 5.34. The highest BCUT2D eigenvalue weighted by Crippen LogP contribution is 2.23. The van der Waals surface area contributed by atoms with Crippen LogP contribution in [0.4, 0.5) is 0 Å². The molecule has 1 aromatic heterocycles. The van der Waals surface area contributed by atoms with Gasteiger partial charge < -0.3 is 4.42 Å². The Bertz CT molecular complexity index is 389. The van der Waals surface area contributed by atoms with E-state index in [-0.39, 0.29) is 0 Å². The number of hydrogen-bond acceptors (Lipinski definition) is 1. The molecule has 0 saturated carbocycles. The molecule has 56 valence electrons. The van der Waals surface area contributed by atoms with Gasteiger partial charge in [-0.15, -0.1) is 0 Å². The van der Waals surface area contributed by atoms with Crippen LogP contribution >= 0.6 is 15.9 Å². The van der Waals surface area contributed by atoms with Crippen LogP contribution < -0.4 is 0 Å². The summed E-state index contributed by atoms with van der Waals surface area (Å²) in [5.74, 6) is 0. The first-order valence-electron chi connectivity index (χ1n) is 3.41. The molecule has 0 amide bonds. The fourth-order valence-corrected chi connectivity index (χ4v) is 1.55. The third kappa shape index (κ3) is 1.18. The maximum absolute atomic E-state index is 5.34. The summed E-state index contributed by atoms with van der Waals surface area (Å²) in [7, 11) is 0. The second-order valence-electron chi connectivity index (χ2n) is 2.59. The van der Waals surface area contributed by atoms with Gasteiger partial charge in [-0.2, -0.15) is 0 Å². The lowest BCUT2D eigenvalue weighted by Crippen LogP contribution is -1.67. The van der Waals surface area contributed by atoms with Gasteiger partial charge in [0.2, 0.25) is 0 Å². The predicted octanol–water partition coefficient (Wildman–Crippen LogP) is 3.50. The van der Waals surface area contributed by atoms with Crippen molar-refractivity contribution in [2.24, 2.45) is 0 Å². The van der Waals surface area contributed by atoms with Gasteiger partial charge in [-0.05, 0) is 41.1 Å². The summed E-state index contributed by atoms with van der Waals surface area (Å²) < 4.78 is 6.13. The molecule has 0 unspecified atom stereocenters. The second kappa shape index (κ2) is 2.38. The Morgan fingerprint density at radius 2 is 2.09 bits per heavy atom. The fourth-order valence-electron chi connectivity index (χ4n) is 1.13. The monoisotopic (exact) mass is 210 g/mol. The summed E-state index contributed by atoms with van der Waals surface area (Å²) in [6.45, 7) is 2.07. The molecule has 0 N–H and O–H groups in total. The van der Waals surface area contributed by atoms with Crippen LogP contribution in [0.3, 0.4) is 0 Å². The van der Waals surface area contributed by atoms with Crippen molar-refractivity contribution in [1.82, 2.24) is 0 Å². The fraction of sp³-hybridized carbons (Fsp3) is 0.111. The Kier molecular flexibility index (Phi) is 1.50. The SMILES string of the molecule is Cc1ccc2oc(Br)cc2c1. The normalized spacial score (nSPS) is 10.7. The summed E-state index contributed by atoms with van der Waals surface area (Å²) in [5.41, 5.74) is 2.19. The summed E-state index contributed by atoms with van der Waals surface area (Å²) >= 11 is 3.28. The van der Waals surface area contributed by atoms with Crippen LogP contribution in [-0.2, 0) is 0 Å². The van der Waals surface area contributed by atoms with Crippen molar-refractivity contribution in [2.45, 2.75) is 6.92 Å². The first-order chi connectivity index (χ1) is 5.25. The molecule has 1 aromatic carbocycles. The topological polar surface area (TPSA) is 13.1 Å². The van der Waals surface area contributed by atoms with Crippen LogP contribution in [0.2, 0.25) is 0 Å². The zero-order valence-corrected chi connectivity index (χ0v) is 7.68. The number of hydrogen-bond donors (Lipinski definition) is 0. The van der Waals surface area contributed by atoms with Crippen LogP contribution in [-0.4, -0.2) is 0 Å². The van der Waals surface area contributed by atoms with Crippen LogP contribution in [0.1, 0.15) is 5.56 Å². The average Bonchev–Trinajstić information content (AvgIpc) is 2.27. The minimum absolute atomic E-state index is 0.790. The molecule has 1 nitrogen and oxygen atoms in total. The van der Waals surface area contributed by atoms with Gasteiger partial charge in [-0.1, -0.05) is 11.6 Å². The van der Waals surface area contributed by atoms with E-state index in [1.807, 2.05) is 18.2 Å². The Hall–Kier alpha value is -0.760. The Morgan fingerprint density at radius 3 is 2.91 bits per heavy atom. The molecule has 11 heavy (non-hydrogen) atoms. The van der Waals surface area contributed by atoms with Crippen molar-refractivity contribution in [3.05, 3.63) is 34.5 Å². The molecule has 0 bridgehead atoms. The molecular formula is C9H7BrO. The predicted molar refractivity (Wildman–Crippen MR) is 48.7 cm³/mol. The number of furan rings is 1. The molecule has 0 fully saturated rings. The van der Waals surface area contributed by atoms with Gasteiger partial charge in [0.25, 0.3) is 0 Å². The Morgan fingerprint density at radius 1 is 1.27 bits per heavy atom. The van der Waals surface area contributed by atoms with Crippen LogP contribution in [0.25, 0.3) is 11.0 Å². The van der Waals surface area contributed by atoms with E-state index in [1.54, 1.807) is 0 Å². The average molecular weight is 211 g/mol. The lowest BCUT2D eigenvalue weighted by Gasteiger charge is -1.88. The maximum Gasteiger partial charge on any atom is 0.170 e. The van der Waals surface area contributed by atoms with Crippen molar-refractivity contribution >= 4 is 26.9 Å². The van der Waals surface area contributed by atoms with E-state index >= 15 is 0 Å². The zero-order valence-electron chi connectivity index (χ0n) is 6.10. The Balaban J connectivity index is 2.82. The summed E-state index contributed by atoms with van der Waals surface area (Å²) in [5, 5.41) is 1.15. The van der Waals surface area contributed by atoms with Crippen molar-refractivity contribution in [3.63, 3.8) is 0 Å². The highest BCUT2D eigenvalue weighted by atomic mass is 79.9. The quantitative estimate of drug-likeness (QED) is 0.649. The van der Waals surface area contributed by atoms with E-state index in [9.17, 15) is 0 Å². The molecule has 0 radical (unpaired) electrons. The number of halogens is 1. The van der Waals surface area contributed by atoms with Gasteiger partial charge in [0.15, 0.2) is 4.67 Å². The second-order valence-corrected chi connectivity index (χ2v) is 3.37. The van der Waals surface area contributed by atoms with Gasteiger partial charge in [0.05, 0.1) is 0 Å². The lowest BCUT2D eigenvalue weighted by atomic mass is 10.2. The largest absolute Gasteiger partial charge is 0.449 e. The number of fused-ring (bicyclic) bond motifs is 1. The summed E-state index contributed by atoms with van der Waals surface area (Å²) in [6, 6.07) is 8.10. The number of rotatable bonds is 0. The van der Waals surface area contributed by atoms with Crippen LogP contribution in [0.5, 0.6) is 0 Å². The van der Waals surface area contributed by atoms with E-state index in [1.165, 1.54) is 5.56 Å². The van der Waals surface area contributed by atoms with Crippen molar-refractivity contribution in [2.75, 3.05) is 0 Å². The smallest absolute Gasteiger partial charge is 0.170 e. The zero-order chi connectivity index (χ0) is 7.84. The third-order valence-electron chi connectivity index (χ3n) is 1.64. The van der Waals surface area contributed by atoms with Gasteiger partial charge in [0, 0.05) is 5.39 Å². The van der Waals surface area contributed by atoms with Gasteiger partial charge >= 0.3 is 0 Å². The third-order valence-corrected chi connectivity index (χ3v) is 2.03. The van der Waals surface area contributed by atoms with E-state index in [4.69, 9.17) is 4.42 Å². The molecular weight excluding hydrogens is 204 g/mol. The standard InChI is InChI=1S/C9H7BrO/c1-6-2-3-8-7(4-6)5-9(10)11-8/h2-5H,1H3. The first kappa shape index (κ1) is 6.92. The highest BCUT2D eigenvalue weighted by Gasteiger charge is 1.99. The number of aryl methyl sites for hydroxylation is 1. The number of benzene rings is 1. The molecule has 0 atom stereocenters. The van der Waals surface area contributed by atoms with Gasteiger partial charge in [-0.25, -0.2) is 0 Å². The van der Waals surface area contributed by atoms with Crippen molar-refractivity contribution in [1.29, 1.82) is 0 Å². The molecule has 2 rings (SSSR count).